The SMILES string of the molecule is C/C=C\C=C(\N)SN. The first-order valence-corrected chi connectivity index (χ1v) is 3.14. The van der Waals surface area contributed by atoms with Crippen molar-refractivity contribution in [2.45, 2.75) is 6.92 Å². The lowest BCUT2D eigenvalue weighted by Crippen LogP contribution is -1.93. The average Bonchev–Trinajstić information content (AvgIpc) is 1.83. The molecule has 2 nitrogen and oxygen atoms in total. The lowest BCUT2D eigenvalue weighted by Gasteiger charge is -1.87. The van der Waals surface area contributed by atoms with Crippen LogP contribution in [0.5, 0.6) is 0 Å². The zero-order chi connectivity index (χ0) is 6.41. The molecular weight excluding hydrogens is 120 g/mol. The van der Waals surface area contributed by atoms with E-state index in [2.05, 4.69) is 0 Å². The molecule has 0 rings (SSSR count). The Labute approximate surface area is 53.8 Å². The fourth-order valence-corrected chi connectivity index (χ4v) is 0.387. The maximum absolute atomic E-state index is 5.31. The van der Waals surface area contributed by atoms with Crippen molar-refractivity contribution < 1.29 is 0 Å². The van der Waals surface area contributed by atoms with Gasteiger partial charge in [-0.05, 0) is 24.9 Å². The molecule has 0 atom stereocenters. The monoisotopic (exact) mass is 130 g/mol. The van der Waals surface area contributed by atoms with Crippen LogP contribution in [0, 0.1) is 0 Å². The molecule has 3 heteroatoms. The van der Waals surface area contributed by atoms with Gasteiger partial charge in [0, 0.05) is 0 Å². The maximum Gasteiger partial charge on any atom is 0.0805 e. The average molecular weight is 130 g/mol. The molecule has 0 unspecified atom stereocenters. The van der Waals surface area contributed by atoms with Crippen molar-refractivity contribution in [1.82, 2.24) is 0 Å². The zero-order valence-electron chi connectivity index (χ0n) is 4.79. The van der Waals surface area contributed by atoms with Crippen molar-refractivity contribution in [3.05, 3.63) is 23.3 Å². The third-order valence-electron chi connectivity index (χ3n) is 0.589. The van der Waals surface area contributed by atoms with Crippen LogP contribution in [0.3, 0.4) is 0 Å². The summed E-state index contributed by atoms with van der Waals surface area (Å²) in [7, 11) is 0. The van der Waals surface area contributed by atoms with Crippen molar-refractivity contribution in [2.24, 2.45) is 10.9 Å². The summed E-state index contributed by atoms with van der Waals surface area (Å²) in [6.45, 7) is 1.92. The van der Waals surface area contributed by atoms with Gasteiger partial charge < -0.3 is 5.73 Å². The highest BCUT2D eigenvalue weighted by Crippen LogP contribution is 1.97. The predicted molar refractivity (Wildman–Crippen MR) is 38.9 cm³/mol. The van der Waals surface area contributed by atoms with Gasteiger partial charge in [-0.25, -0.2) is 0 Å². The topological polar surface area (TPSA) is 52.0 Å². The van der Waals surface area contributed by atoms with Crippen LogP contribution < -0.4 is 10.9 Å². The summed E-state index contributed by atoms with van der Waals surface area (Å²) in [6.07, 6.45) is 5.49. The highest BCUT2D eigenvalue weighted by molar-refractivity contribution is 8.00. The van der Waals surface area contributed by atoms with E-state index in [4.69, 9.17) is 10.9 Å². The number of rotatable bonds is 2. The van der Waals surface area contributed by atoms with E-state index in [-0.39, 0.29) is 0 Å². The lowest BCUT2D eigenvalue weighted by atomic mass is 10.5. The Bertz CT molecular complexity index is 107. The molecular formula is C5H10N2S. The van der Waals surface area contributed by atoms with Crippen molar-refractivity contribution in [2.75, 3.05) is 0 Å². The Kier molecular flexibility index (Phi) is 4.50. The van der Waals surface area contributed by atoms with Gasteiger partial charge in [-0.15, -0.1) is 0 Å². The highest BCUT2D eigenvalue weighted by Gasteiger charge is 1.77. The second-order valence-corrected chi connectivity index (χ2v) is 1.92. The molecule has 46 valence electrons. The molecule has 8 heavy (non-hydrogen) atoms. The third kappa shape index (κ3) is 3.77. The first-order valence-electron chi connectivity index (χ1n) is 2.26. The molecule has 0 saturated carbocycles. The number of allylic oxidation sites excluding steroid dienone is 3. The van der Waals surface area contributed by atoms with E-state index in [9.17, 15) is 0 Å². The van der Waals surface area contributed by atoms with Gasteiger partial charge in [-0.2, -0.15) is 0 Å². The molecule has 0 bridgehead atoms. The third-order valence-corrected chi connectivity index (χ3v) is 0.997. The van der Waals surface area contributed by atoms with Gasteiger partial charge in [0.1, 0.15) is 0 Å². The van der Waals surface area contributed by atoms with E-state index in [1.165, 1.54) is 0 Å². The number of hydrogen-bond donors (Lipinski definition) is 2. The Morgan fingerprint density at radius 1 is 1.62 bits per heavy atom. The van der Waals surface area contributed by atoms with Gasteiger partial charge in [-0.1, -0.05) is 12.2 Å². The van der Waals surface area contributed by atoms with Crippen molar-refractivity contribution >= 4 is 11.9 Å². The number of nitrogens with two attached hydrogens (primary N) is 2. The summed E-state index contributed by atoms with van der Waals surface area (Å²) in [5, 5.41) is 5.73. The lowest BCUT2D eigenvalue weighted by molar-refractivity contribution is 1.54. The fourth-order valence-electron chi connectivity index (χ4n) is 0.230. The van der Waals surface area contributed by atoms with E-state index in [1.807, 2.05) is 19.1 Å². The second-order valence-electron chi connectivity index (χ2n) is 1.21. The Balaban J connectivity index is 3.57. The summed E-state index contributed by atoms with van der Waals surface area (Å²) >= 11 is 1.05. The van der Waals surface area contributed by atoms with E-state index in [0.29, 0.717) is 5.03 Å². The predicted octanol–water partition coefficient (Wildman–Crippen LogP) is 0.970. The molecule has 0 aliphatic carbocycles. The fraction of sp³-hybridized carbons (Fsp3) is 0.200. The van der Waals surface area contributed by atoms with Gasteiger partial charge in [-0.3, -0.25) is 5.14 Å². The second kappa shape index (κ2) is 4.74. The smallest absolute Gasteiger partial charge is 0.0805 e. The summed E-state index contributed by atoms with van der Waals surface area (Å²) in [4.78, 5) is 0. The molecule has 0 aromatic heterocycles. The van der Waals surface area contributed by atoms with Crippen molar-refractivity contribution in [3.8, 4) is 0 Å². The Hall–Kier alpha value is -0.410. The van der Waals surface area contributed by atoms with Crippen molar-refractivity contribution in [3.63, 3.8) is 0 Å². The minimum absolute atomic E-state index is 0.628. The molecule has 0 spiro atoms. The molecule has 0 fully saturated rings. The first-order chi connectivity index (χ1) is 3.81. The van der Waals surface area contributed by atoms with Crippen LogP contribution in [0.4, 0.5) is 0 Å². The van der Waals surface area contributed by atoms with Crippen LogP contribution in [0.15, 0.2) is 23.3 Å². The molecule has 0 aliphatic heterocycles. The molecule has 0 radical (unpaired) electrons. The van der Waals surface area contributed by atoms with Crippen LogP contribution >= 0.6 is 11.9 Å². The van der Waals surface area contributed by atoms with Crippen LogP contribution in [-0.2, 0) is 0 Å². The van der Waals surface area contributed by atoms with E-state index >= 15 is 0 Å². The van der Waals surface area contributed by atoms with Crippen LogP contribution in [-0.4, -0.2) is 0 Å². The Morgan fingerprint density at radius 2 is 2.25 bits per heavy atom. The number of hydrogen-bond acceptors (Lipinski definition) is 3. The maximum atomic E-state index is 5.31. The van der Waals surface area contributed by atoms with Gasteiger partial charge in [0.15, 0.2) is 0 Å². The van der Waals surface area contributed by atoms with Gasteiger partial charge in [0.25, 0.3) is 0 Å². The van der Waals surface area contributed by atoms with Crippen molar-refractivity contribution in [1.29, 1.82) is 0 Å². The normalized spacial score (nSPS) is 13.0. The molecule has 4 N–H and O–H groups in total. The molecule has 0 saturated heterocycles. The zero-order valence-corrected chi connectivity index (χ0v) is 5.61. The molecule has 0 aliphatic rings. The Morgan fingerprint density at radius 3 is 2.62 bits per heavy atom. The summed E-state index contributed by atoms with van der Waals surface area (Å²) in [6, 6.07) is 0. The minimum Gasteiger partial charge on any atom is -0.393 e. The molecule has 0 aromatic rings. The highest BCUT2D eigenvalue weighted by atomic mass is 32.2. The van der Waals surface area contributed by atoms with Gasteiger partial charge >= 0.3 is 0 Å². The van der Waals surface area contributed by atoms with Gasteiger partial charge in [0.2, 0.25) is 0 Å². The minimum atomic E-state index is 0.628. The quantitative estimate of drug-likeness (QED) is 0.432. The molecule has 0 amide bonds. The largest absolute Gasteiger partial charge is 0.393 e. The summed E-state index contributed by atoms with van der Waals surface area (Å²) in [5.41, 5.74) is 5.31. The summed E-state index contributed by atoms with van der Waals surface area (Å²) in [5.74, 6) is 0. The van der Waals surface area contributed by atoms with Crippen LogP contribution in [0.1, 0.15) is 6.92 Å². The van der Waals surface area contributed by atoms with E-state index in [0.717, 1.165) is 11.9 Å². The van der Waals surface area contributed by atoms with Crippen LogP contribution in [0.25, 0.3) is 0 Å². The van der Waals surface area contributed by atoms with Crippen LogP contribution in [0.2, 0.25) is 0 Å². The van der Waals surface area contributed by atoms with E-state index < -0.39 is 0 Å². The summed E-state index contributed by atoms with van der Waals surface area (Å²) < 4.78 is 0. The first kappa shape index (κ1) is 7.59. The van der Waals surface area contributed by atoms with Gasteiger partial charge in [0.05, 0.1) is 5.03 Å². The molecule has 0 aromatic carbocycles. The van der Waals surface area contributed by atoms with E-state index in [1.54, 1.807) is 6.08 Å². The molecule has 0 heterocycles. The standard InChI is InChI=1S/C5H10N2S/c1-2-3-4-5(6)8-7/h2-4H,6-7H2,1H3/b3-2-,5-4-.